The van der Waals surface area contributed by atoms with Gasteiger partial charge in [0, 0.05) is 16.1 Å². The maximum absolute atomic E-state index is 11.8. The van der Waals surface area contributed by atoms with E-state index in [-0.39, 0.29) is 5.56 Å². The maximum atomic E-state index is 11.8. The molecule has 0 spiro atoms. The van der Waals surface area contributed by atoms with Crippen LogP contribution in [0.1, 0.15) is 18.4 Å². The molecule has 90 valence electrons. The largest absolute Gasteiger partial charge is 0.330 e. The van der Waals surface area contributed by atoms with Gasteiger partial charge in [-0.2, -0.15) is 0 Å². The van der Waals surface area contributed by atoms with Crippen LogP contribution in [0.2, 0.25) is 5.02 Å². The summed E-state index contributed by atoms with van der Waals surface area (Å²) in [5.41, 5.74) is 7.00. The molecule has 17 heavy (non-hydrogen) atoms. The van der Waals surface area contributed by atoms with Gasteiger partial charge in [0.15, 0.2) is 0 Å². The summed E-state index contributed by atoms with van der Waals surface area (Å²) in [7, 11) is 0. The van der Waals surface area contributed by atoms with Gasteiger partial charge in [0.25, 0.3) is 5.56 Å². The first-order valence-electron chi connectivity index (χ1n) is 5.72. The molecule has 3 nitrogen and oxygen atoms in total. The van der Waals surface area contributed by atoms with E-state index in [1.807, 2.05) is 18.2 Å². The number of aromatic amines is 1. The Balaban J connectivity index is 2.35. The second-order valence-electron chi connectivity index (χ2n) is 4.10. The van der Waals surface area contributed by atoms with Crippen molar-refractivity contribution >= 4 is 22.5 Å². The maximum Gasteiger partial charge on any atom is 0.251 e. The normalized spacial score (nSPS) is 10.9. The first-order chi connectivity index (χ1) is 8.20. The van der Waals surface area contributed by atoms with E-state index in [9.17, 15) is 4.79 Å². The van der Waals surface area contributed by atoms with Gasteiger partial charge in [0.05, 0.1) is 0 Å². The number of nitrogens with one attached hydrogen (secondary N) is 1. The number of rotatable bonds is 4. The fourth-order valence-corrected chi connectivity index (χ4v) is 2.04. The highest BCUT2D eigenvalue weighted by molar-refractivity contribution is 6.31. The lowest BCUT2D eigenvalue weighted by Crippen LogP contribution is -2.12. The fraction of sp³-hybridized carbons (Fsp3) is 0.308. The summed E-state index contributed by atoms with van der Waals surface area (Å²) in [6.45, 7) is 0.668. The molecule has 2 rings (SSSR count). The molecule has 1 heterocycles. The summed E-state index contributed by atoms with van der Waals surface area (Å²) in [5.74, 6) is 0. The topological polar surface area (TPSA) is 58.9 Å². The van der Waals surface area contributed by atoms with Crippen LogP contribution in [-0.2, 0) is 6.42 Å². The van der Waals surface area contributed by atoms with Gasteiger partial charge in [0.2, 0.25) is 0 Å². The Bertz CT molecular complexity index is 577. The van der Waals surface area contributed by atoms with E-state index in [0.29, 0.717) is 11.6 Å². The third kappa shape index (κ3) is 2.87. The van der Waals surface area contributed by atoms with E-state index < -0.39 is 0 Å². The van der Waals surface area contributed by atoms with Crippen molar-refractivity contribution in [2.45, 2.75) is 19.3 Å². The second-order valence-corrected chi connectivity index (χ2v) is 4.54. The molecule has 0 atom stereocenters. The number of unbranched alkanes of at least 4 members (excludes halogenated alkanes) is 1. The van der Waals surface area contributed by atoms with Gasteiger partial charge in [-0.1, -0.05) is 17.7 Å². The number of hydrogen-bond donors (Lipinski definition) is 2. The third-order valence-corrected chi connectivity index (χ3v) is 3.02. The summed E-state index contributed by atoms with van der Waals surface area (Å²) in [5, 5.41) is 1.64. The molecule has 0 saturated carbocycles. The highest BCUT2D eigenvalue weighted by Gasteiger charge is 2.03. The Labute approximate surface area is 105 Å². The highest BCUT2D eigenvalue weighted by Crippen LogP contribution is 2.17. The predicted octanol–water partition coefficient (Wildman–Crippen LogP) is 2.46. The zero-order valence-electron chi connectivity index (χ0n) is 9.50. The molecule has 0 aliphatic rings. The number of aryl methyl sites for hydroxylation is 1. The van der Waals surface area contributed by atoms with Crippen LogP contribution in [0.4, 0.5) is 0 Å². The zero-order chi connectivity index (χ0) is 12.3. The summed E-state index contributed by atoms with van der Waals surface area (Å²) in [6.07, 6.45) is 2.65. The van der Waals surface area contributed by atoms with Gasteiger partial charge in [-0.25, -0.2) is 0 Å². The molecular weight excluding hydrogens is 236 g/mol. The van der Waals surface area contributed by atoms with Crippen LogP contribution in [0, 0.1) is 0 Å². The number of benzene rings is 1. The molecule has 1 aromatic carbocycles. The van der Waals surface area contributed by atoms with E-state index in [0.717, 1.165) is 35.7 Å². The van der Waals surface area contributed by atoms with Crippen molar-refractivity contribution in [1.82, 2.24) is 4.98 Å². The van der Waals surface area contributed by atoms with Crippen molar-refractivity contribution in [2.24, 2.45) is 5.73 Å². The zero-order valence-corrected chi connectivity index (χ0v) is 10.3. The lowest BCUT2D eigenvalue weighted by molar-refractivity contribution is 0.740. The van der Waals surface area contributed by atoms with Crippen molar-refractivity contribution in [3.63, 3.8) is 0 Å². The lowest BCUT2D eigenvalue weighted by Gasteiger charge is -2.03. The molecule has 3 N–H and O–H groups in total. The standard InChI is InChI=1S/C13H15ClN2O/c14-11-5-4-9-7-10(3-1-2-6-15)13(17)16-12(9)8-11/h4-5,7-8H,1-3,6,15H2,(H,16,17). The average Bonchev–Trinajstić information content (AvgIpc) is 2.30. The minimum atomic E-state index is -0.0308. The number of H-pyrrole nitrogens is 1. The van der Waals surface area contributed by atoms with Crippen molar-refractivity contribution in [2.75, 3.05) is 6.54 Å². The van der Waals surface area contributed by atoms with Crippen LogP contribution in [-0.4, -0.2) is 11.5 Å². The predicted molar refractivity (Wildman–Crippen MR) is 71.6 cm³/mol. The van der Waals surface area contributed by atoms with Crippen molar-refractivity contribution in [1.29, 1.82) is 0 Å². The molecule has 0 fully saturated rings. The molecule has 0 radical (unpaired) electrons. The van der Waals surface area contributed by atoms with Crippen LogP contribution in [0.3, 0.4) is 0 Å². The Morgan fingerprint density at radius 2 is 2.06 bits per heavy atom. The first-order valence-corrected chi connectivity index (χ1v) is 6.10. The van der Waals surface area contributed by atoms with Gasteiger partial charge >= 0.3 is 0 Å². The van der Waals surface area contributed by atoms with E-state index >= 15 is 0 Å². The quantitative estimate of drug-likeness (QED) is 0.819. The molecule has 0 aliphatic carbocycles. The van der Waals surface area contributed by atoms with Gasteiger partial charge < -0.3 is 10.7 Å². The Morgan fingerprint density at radius 3 is 2.82 bits per heavy atom. The monoisotopic (exact) mass is 250 g/mol. The van der Waals surface area contributed by atoms with Gasteiger partial charge in [-0.3, -0.25) is 4.79 Å². The highest BCUT2D eigenvalue weighted by atomic mass is 35.5. The minimum Gasteiger partial charge on any atom is -0.330 e. The number of fused-ring (bicyclic) bond motifs is 1. The van der Waals surface area contributed by atoms with Crippen molar-refractivity contribution < 1.29 is 0 Å². The molecule has 0 unspecified atom stereocenters. The summed E-state index contributed by atoms with van der Waals surface area (Å²) in [6, 6.07) is 7.44. The van der Waals surface area contributed by atoms with Crippen LogP contribution >= 0.6 is 11.6 Å². The molecule has 0 bridgehead atoms. The Morgan fingerprint density at radius 1 is 1.24 bits per heavy atom. The van der Waals surface area contributed by atoms with E-state index in [4.69, 9.17) is 17.3 Å². The van der Waals surface area contributed by atoms with Crippen LogP contribution < -0.4 is 11.3 Å². The third-order valence-electron chi connectivity index (χ3n) is 2.79. The van der Waals surface area contributed by atoms with Gasteiger partial charge in [-0.15, -0.1) is 0 Å². The Hall–Kier alpha value is -1.32. The average molecular weight is 251 g/mol. The van der Waals surface area contributed by atoms with Crippen molar-refractivity contribution in [3.05, 3.63) is 45.2 Å². The molecular formula is C13H15ClN2O. The second kappa shape index (κ2) is 5.34. The number of hydrogen-bond acceptors (Lipinski definition) is 2. The number of pyridine rings is 1. The van der Waals surface area contributed by atoms with Crippen LogP contribution in [0.25, 0.3) is 10.9 Å². The molecule has 1 aromatic heterocycles. The minimum absolute atomic E-state index is 0.0308. The van der Waals surface area contributed by atoms with Crippen LogP contribution in [0.5, 0.6) is 0 Å². The summed E-state index contributed by atoms with van der Waals surface area (Å²) in [4.78, 5) is 14.7. The smallest absolute Gasteiger partial charge is 0.251 e. The lowest BCUT2D eigenvalue weighted by atomic mass is 10.1. The number of nitrogens with two attached hydrogens (primary N) is 1. The summed E-state index contributed by atoms with van der Waals surface area (Å²) < 4.78 is 0. The van der Waals surface area contributed by atoms with Gasteiger partial charge in [0.1, 0.15) is 0 Å². The Kier molecular flexibility index (Phi) is 3.82. The first kappa shape index (κ1) is 12.1. The van der Waals surface area contributed by atoms with Crippen molar-refractivity contribution in [3.8, 4) is 0 Å². The molecule has 0 amide bonds. The fourth-order valence-electron chi connectivity index (χ4n) is 1.86. The summed E-state index contributed by atoms with van der Waals surface area (Å²) >= 11 is 5.88. The molecule has 2 aromatic rings. The van der Waals surface area contributed by atoms with Crippen LogP contribution in [0.15, 0.2) is 29.1 Å². The number of halogens is 1. The van der Waals surface area contributed by atoms with E-state index in [1.165, 1.54) is 0 Å². The molecule has 4 heteroatoms. The molecule has 0 saturated heterocycles. The SMILES string of the molecule is NCCCCc1cc2ccc(Cl)cc2[nH]c1=O. The number of aromatic nitrogens is 1. The van der Waals surface area contributed by atoms with E-state index in [2.05, 4.69) is 4.98 Å². The van der Waals surface area contributed by atoms with E-state index in [1.54, 1.807) is 6.07 Å². The van der Waals surface area contributed by atoms with Gasteiger partial charge in [-0.05, 0) is 49.4 Å². The molecule has 0 aliphatic heterocycles.